The van der Waals surface area contributed by atoms with Gasteiger partial charge in [-0.3, -0.25) is 14.5 Å². The fraction of sp³-hybridized carbons (Fsp3) is 0.304. The number of primary sulfonamides is 1. The molecule has 3 aromatic rings. The molecule has 4 rings (SSSR count). The molecule has 1 aliphatic rings. The van der Waals surface area contributed by atoms with Crippen LogP contribution in [0.4, 0.5) is 0 Å². The fourth-order valence-electron chi connectivity index (χ4n) is 3.92. The third-order valence-electron chi connectivity index (χ3n) is 5.77. The van der Waals surface area contributed by atoms with Gasteiger partial charge < -0.3 is 15.2 Å². The lowest BCUT2D eigenvalue weighted by atomic mass is 10.1. The normalized spacial score (nSPS) is 15.0. The maximum absolute atomic E-state index is 12.8. The minimum absolute atomic E-state index is 0.0243. The number of H-pyrrole nitrogens is 1. The van der Waals surface area contributed by atoms with E-state index in [0.717, 1.165) is 16.5 Å². The van der Waals surface area contributed by atoms with Crippen molar-refractivity contribution in [3.8, 4) is 0 Å². The smallest absolute Gasteiger partial charge is 0.270 e. The van der Waals surface area contributed by atoms with Gasteiger partial charge in [0, 0.05) is 43.6 Å². The predicted octanol–water partition coefficient (Wildman–Crippen LogP) is 0.932. The van der Waals surface area contributed by atoms with E-state index >= 15 is 0 Å². The maximum Gasteiger partial charge on any atom is 0.270 e. The van der Waals surface area contributed by atoms with Gasteiger partial charge in [0.05, 0.1) is 11.4 Å². The predicted molar refractivity (Wildman–Crippen MR) is 125 cm³/mol. The van der Waals surface area contributed by atoms with Crippen LogP contribution in [0, 0.1) is 0 Å². The molecule has 1 aliphatic heterocycles. The van der Waals surface area contributed by atoms with Crippen molar-refractivity contribution >= 4 is 32.7 Å². The maximum atomic E-state index is 12.8. The number of fused-ring (bicyclic) bond motifs is 1. The minimum atomic E-state index is -3.70. The van der Waals surface area contributed by atoms with Crippen molar-refractivity contribution in [2.24, 2.45) is 5.14 Å². The molecule has 1 saturated heterocycles. The Balaban J connectivity index is 1.19. The number of nitrogens with two attached hydrogens (primary N) is 1. The van der Waals surface area contributed by atoms with Gasteiger partial charge in [0.15, 0.2) is 0 Å². The third-order valence-corrected chi connectivity index (χ3v) is 6.70. The highest BCUT2D eigenvalue weighted by Gasteiger charge is 2.24. The Kier molecular flexibility index (Phi) is 6.77. The first kappa shape index (κ1) is 23.0. The first-order chi connectivity index (χ1) is 15.8. The van der Waals surface area contributed by atoms with E-state index in [1.807, 2.05) is 40.1 Å². The van der Waals surface area contributed by atoms with Gasteiger partial charge in [-0.05, 0) is 36.2 Å². The van der Waals surface area contributed by atoms with Crippen LogP contribution in [0.2, 0.25) is 0 Å². The summed E-state index contributed by atoms with van der Waals surface area (Å²) in [4.78, 5) is 32.2. The number of sulfonamides is 1. The standard InChI is InChI=1S/C23H27N5O4S/c24-33(31,32)19-7-5-17(6-8-19)9-10-25-22(29)16-27-11-13-28(14-12-27)23(30)21-15-18-3-1-2-4-20(18)26-21/h1-8,15,26H,9-14,16H2,(H,25,29)(H2,24,31,32). The van der Waals surface area contributed by atoms with E-state index in [-0.39, 0.29) is 23.3 Å². The molecule has 0 aliphatic carbocycles. The van der Waals surface area contributed by atoms with Crippen LogP contribution in [0.3, 0.4) is 0 Å². The van der Waals surface area contributed by atoms with E-state index in [4.69, 9.17) is 5.14 Å². The van der Waals surface area contributed by atoms with Crippen molar-refractivity contribution in [3.63, 3.8) is 0 Å². The number of piperazine rings is 1. The number of amides is 2. The summed E-state index contributed by atoms with van der Waals surface area (Å²) in [5.74, 6) is -0.102. The highest BCUT2D eigenvalue weighted by molar-refractivity contribution is 7.89. The number of hydrogen-bond donors (Lipinski definition) is 3. The molecule has 0 spiro atoms. The largest absolute Gasteiger partial charge is 0.355 e. The van der Waals surface area contributed by atoms with Crippen LogP contribution in [0.1, 0.15) is 16.1 Å². The van der Waals surface area contributed by atoms with E-state index in [0.29, 0.717) is 44.8 Å². The van der Waals surface area contributed by atoms with Crippen LogP contribution in [0.15, 0.2) is 59.5 Å². The highest BCUT2D eigenvalue weighted by atomic mass is 32.2. The molecule has 1 fully saturated rings. The van der Waals surface area contributed by atoms with Gasteiger partial charge in [-0.25, -0.2) is 13.6 Å². The Morgan fingerprint density at radius 3 is 2.36 bits per heavy atom. The summed E-state index contributed by atoms with van der Waals surface area (Å²) in [5.41, 5.74) is 2.43. The van der Waals surface area contributed by atoms with Gasteiger partial charge in [0.1, 0.15) is 5.69 Å². The number of rotatable bonds is 7. The molecule has 2 amide bonds. The van der Waals surface area contributed by atoms with Crippen molar-refractivity contribution in [1.82, 2.24) is 20.1 Å². The van der Waals surface area contributed by atoms with E-state index in [1.54, 1.807) is 12.1 Å². The van der Waals surface area contributed by atoms with Crippen LogP contribution in [0.25, 0.3) is 10.9 Å². The molecule has 0 saturated carbocycles. The molecule has 0 atom stereocenters. The Morgan fingerprint density at radius 1 is 1.00 bits per heavy atom. The van der Waals surface area contributed by atoms with E-state index < -0.39 is 10.0 Å². The molecule has 2 aromatic carbocycles. The Labute approximate surface area is 192 Å². The zero-order valence-corrected chi connectivity index (χ0v) is 19.0. The second-order valence-corrected chi connectivity index (χ2v) is 9.69. The topological polar surface area (TPSA) is 129 Å². The van der Waals surface area contributed by atoms with Gasteiger partial charge in [-0.2, -0.15) is 0 Å². The average molecular weight is 470 g/mol. The molecule has 10 heteroatoms. The number of carbonyl (C=O) groups is 2. The summed E-state index contributed by atoms with van der Waals surface area (Å²) < 4.78 is 22.6. The molecular formula is C23H27N5O4S. The summed E-state index contributed by atoms with van der Waals surface area (Å²) in [6, 6.07) is 16.0. The molecular weight excluding hydrogens is 442 g/mol. The van der Waals surface area contributed by atoms with Gasteiger partial charge in [-0.15, -0.1) is 0 Å². The van der Waals surface area contributed by atoms with E-state index in [9.17, 15) is 18.0 Å². The van der Waals surface area contributed by atoms with Crippen LogP contribution < -0.4 is 10.5 Å². The summed E-state index contributed by atoms with van der Waals surface area (Å²) in [6.45, 7) is 3.13. The van der Waals surface area contributed by atoms with Gasteiger partial charge >= 0.3 is 0 Å². The lowest BCUT2D eigenvalue weighted by molar-refractivity contribution is -0.122. The number of benzene rings is 2. The van der Waals surface area contributed by atoms with Crippen LogP contribution in [0.5, 0.6) is 0 Å². The SMILES string of the molecule is NS(=O)(=O)c1ccc(CCNC(=O)CN2CCN(C(=O)c3cc4ccccc4[nH]3)CC2)cc1. The van der Waals surface area contributed by atoms with Gasteiger partial charge in [0.25, 0.3) is 5.91 Å². The lowest BCUT2D eigenvalue weighted by Crippen LogP contribution is -2.51. The quantitative estimate of drug-likeness (QED) is 0.474. The number of carbonyl (C=O) groups excluding carboxylic acids is 2. The number of nitrogens with one attached hydrogen (secondary N) is 2. The van der Waals surface area contributed by atoms with Crippen LogP contribution in [-0.2, 0) is 21.2 Å². The second-order valence-electron chi connectivity index (χ2n) is 8.13. The Hall–Kier alpha value is -3.21. The Morgan fingerprint density at radius 2 is 1.70 bits per heavy atom. The van der Waals surface area contributed by atoms with Gasteiger partial charge in [0.2, 0.25) is 15.9 Å². The van der Waals surface area contributed by atoms with Crippen LogP contribution >= 0.6 is 0 Å². The number of aromatic nitrogens is 1. The summed E-state index contributed by atoms with van der Waals surface area (Å²) in [5, 5.41) is 8.99. The first-order valence-electron chi connectivity index (χ1n) is 10.8. The molecule has 0 unspecified atom stereocenters. The molecule has 9 nitrogen and oxygen atoms in total. The van der Waals surface area contributed by atoms with Crippen molar-refractivity contribution in [1.29, 1.82) is 0 Å². The molecule has 33 heavy (non-hydrogen) atoms. The van der Waals surface area contributed by atoms with E-state index in [1.165, 1.54) is 12.1 Å². The lowest BCUT2D eigenvalue weighted by Gasteiger charge is -2.34. The number of hydrogen-bond acceptors (Lipinski definition) is 5. The minimum Gasteiger partial charge on any atom is -0.355 e. The summed E-state index contributed by atoms with van der Waals surface area (Å²) >= 11 is 0. The van der Waals surface area contributed by atoms with Crippen molar-refractivity contribution < 1.29 is 18.0 Å². The van der Waals surface area contributed by atoms with E-state index in [2.05, 4.69) is 10.3 Å². The van der Waals surface area contributed by atoms with Gasteiger partial charge in [-0.1, -0.05) is 30.3 Å². The van der Waals surface area contributed by atoms with Crippen molar-refractivity contribution in [2.75, 3.05) is 39.3 Å². The molecule has 0 bridgehead atoms. The van der Waals surface area contributed by atoms with Crippen molar-refractivity contribution in [3.05, 3.63) is 65.9 Å². The van der Waals surface area contributed by atoms with Crippen LogP contribution in [-0.4, -0.2) is 74.3 Å². The monoisotopic (exact) mass is 469 g/mol. The second kappa shape index (κ2) is 9.74. The van der Waals surface area contributed by atoms with Crippen molar-refractivity contribution in [2.45, 2.75) is 11.3 Å². The average Bonchev–Trinajstić information content (AvgIpc) is 3.23. The fourth-order valence-corrected chi connectivity index (χ4v) is 4.43. The molecule has 0 radical (unpaired) electrons. The molecule has 4 N–H and O–H groups in total. The number of aromatic amines is 1. The zero-order valence-electron chi connectivity index (χ0n) is 18.2. The number of nitrogens with zero attached hydrogens (tertiary/aromatic N) is 2. The number of para-hydroxylation sites is 1. The third kappa shape index (κ3) is 5.78. The molecule has 2 heterocycles. The summed E-state index contributed by atoms with van der Waals surface area (Å²) in [6.07, 6.45) is 0.587. The zero-order chi connectivity index (χ0) is 23.4. The Bertz CT molecular complexity index is 1210. The first-order valence-corrected chi connectivity index (χ1v) is 12.3. The molecule has 1 aromatic heterocycles. The molecule has 174 valence electrons. The highest BCUT2D eigenvalue weighted by Crippen LogP contribution is 2.17. The summed E-state index contributed by atoms with van der Waals surface area (Å²) in [7, 11) is -3.70.